The number of carbonyl (C=O) groups excluding carboxylic acids is 1. The van der Waals surface area contributed by atoms with E-state index in [1.165, 1.54) is 0 Å². The first-order valence-electron chi connectivity index (χ1n) is 12.2. The van der Waals surface area contributed by atoms with E-state index in [9.17, 15) is 4.79 Å². The summed E-state index contributed by atoms with van der Waals surface area (Å²) in [7, 11) is 4.00. The molecule has 0 bridgehead atoms. The van der Waals surface area contributed by atoms with E-state index in [1.807, 2.05) is 121 Å². The molecule has 5 aromatic rings. The lowest BCUT2D eigenvalue weighted by Crippen LogP contribution is -2.29. The van der Waals surface area contributed by atoms with E-state index < -0.39 is 6.17 Å². The summed E-state index contributed by atoms with van der Waals surface area (Å²) in [5.41, 5.74) is 5.28. The van der Waals surface area contributed by atoms with Gasteiger partial charge in [0.25, 0.3) is 5.91 Å². The molecule has 1 aliphatic rings. The van der Waals surface area contributed by atoms with E-state index in [1.54, 1.807) is 0 Å². The van der Waals surface area contributed by atoms with Crippen LogP contribution < -0.4 is 10.2 Å². The van der Waals surface area contributed by atoms with Crippen LogP contribution in [0.25, 0.3) is 16.5 Å². The van der Waals surface area contributed by atoms with Crippen molar-refractivity contribution in [1.29, 1.82) is 0 Å². The van der Waals surface area contributed by atoms with Crippen LogP contribution in [0.2, 0.25) is 0 Å². The summed E-state index contributed by atoms with van der Waals surface area (Å²) in [6.07, 6.45) is -0.733. The zero-order chi connectivity index (χ0) is 25.5. The molecule has 1 amide bonds. The first-order valence-corrected chi connectivity index (χ1v) is 12.2. The molecule has 1 atom stereocenters. The van der Waals surface area contributed by atoms with Gasteiger partial charge in [-0.15, -0.1) is 10.2 Å². The third-order valence-corrected chi connectivity index (χ3v) is 6.70. The highest BCUT2D eigenvalue weighted by atomic mass is 16.1. The van der Waals surface area contributed by atoms with Gasteiger partial charge in [-0.2, -0.15) is 0 Å². The summed E-state index contributed by atoms with van der Waals surface area (Å²) in [5, 5.41) is 13.8. The molecule has 7 nitrogen and oxygen atoms in total. The summed E-state index contributed by atoms with van der Waals surface area (Å²) in [6, 6.07) is 29.9. The van der Waals surface area contributed by atoms with Crippen LogP contribution in [-0.4, -0.2) is 40.5 Å². The van der Waals surface area contributed by atoms with Crippen molar-refractivity contribution < 1.29 is 4.79 Å². The average Bonchev–Trinajstić information content (AvgIpc) is 3.25. The van der Waals surface area contributed by atoms with Gasteiger partial charge in [0.15, 0.2) is 12.0 Å². The summed E-state index contributed by atoms with van der Waals surface area (Å²) >= 11 is 0. The van der Waals surface area contributed by atoms with Gasteiger partial charge in [0, 0.05) is 41.9 Å². The number of hydrogen-bond donors (Lipinski definition) is 1. The van der Waals surface area contributed by atoms with Crippen LogP contribution in [0.3, 0.4) is 0 Å². The number of aryl methyl sites for hydroxylation is 1. The first-order chi connectivity index (χ1) is 18.0. The zero-order valence-corrected chi connectivity index (χ0v) is 20.9. The zero-order valence-electron chi connectivity index (χ0n) is 20.9. The number of carbonyl (C=O) groups is 1. The predicted octanol–water partition coefficient (Wildman–Crippen LogP) is 5.07. The van der Waals surface area contributed by atoms with Gasteiger partial charge in [-0.3, -0.25) is 14.4 Å². The van der Waals surface area contributed by atoms with Crippen molar-refractivity contribution in [2.75, 3.05) is 19.0 Å². The van der Waals surface area contributed by atoms with Crippen molar-refractivity contribution in [2.45, 2.75) is 13.1 Å². The maximum absolute atomic E-state index is 13.8. The molecule has 0 saturated heterocycles. The van der Waals surface area contributed by atoms with Crippen LogP contribution in [0.1, 0.15) is 39.3 Å². The maximum atomic E-state index is 13.8. The number of fused-ring (bicyclic) bond motifs is 4. The maximum Gasteiger partial charge on any atom is 0.253 e. The number of amides is 1. The minimum absolute atomic E-state index is 0.221. The predicted molar refractivity (Wildman–Crippen MR) is 147 cm³/mol. The van der Waals surface area contributed by atoms with Gasteiger partial charge in [-0.25, -0.2) is 0 Å². The molecule has 6 rings (SSSR count). The van der Waals surface area contributed by atoms with Crippen molar-refractivity contribution in [3.8, 4) is 5.69 Å². The van der Waals surface area contributed by atoms with Crippen LogP contribution in [0.15, 0.2) is 96.0 Å². The molecule has 4 aromatic carbocycles. The molecule has 37 heavy (non-hydrogen) atoms. The molecule has 0 radical (unpaired) electrons. The summed E-state index contributed by atoms with van der Waals surface area (Å²) in [6.45, 7) is 1.91. The highest BCUT2D eigenvalue weighted by molar-refractivity contribution is 6.15. The standard InChI is InChI=1S/C30H26N6O/c1-19-33-34-29-28(32-30(37)23-17-18-25(35(2)3)22-14-8-7-13-21(22)23)31-27(20-11-5-4-6-12-20)24-15-9-10-16-26(24)36(19)29/h4-18,28H,1-3H3,(H,32,37). The van der Waals surface area contributed by atoms with Gasteiger partial charge >= 0.3 is 0 Å². The number of aromatic nitrogens is 3. The Morgan fingerprint density at radius 1 is 0.838 bits per heavy atom. The van der Waals surface area contributed by atoms with E-state index in [4.69, 9.17) is 4.99 Å². The fourth-order valence-corrected chi connectivity index (χ4v) is 4.97. The van der Waals surface area contributed by atoms with Crippen LogP contribution >= 0.6 is 0 Å². The molecular formula is C30H26N6O. The smallest absolute Gasteiger partial charge is 0.253 e. The average molecular weight is 487 g/mol. The topological polar surface area (TPSA) is 75.4 Å². The second-order valence-electron chi connectivity index (χ2n) is 9.25. The number of nitrogens with zero attached hydrogens (tertiary/aromatic N) is 5. The second-order valence-corrected chi connectivity index (χ2v) is 9.25. The van der Waals surface area contributed by atoms with Gasteiger partial charge < -0.3 is 10.2 Å². The van der Waals surface area contributed by atoms with Gasteiger partial charge in [0.1, 0.15) is 5.82 Å². The molecule has 1 N–H and O–H groups in total. The molecule has 0 spiro atoms. The van der Waals surface area contributed by atoms with E-state index >= 15 is 0 Å². The number of benzene rings is 4. The van der Waals surface area contributed by atoms with Crippen molar-refractivity contribution in [3.05, 3.63) is 119 Å². The highest BCUT2D eigenvalue weighted by Gasteiger charge is 2.29. The number of rotatable bonds is 4. The molecule has 2 heterocycles. The van der Waals surface area contributed by atoms with Crippen LogP contribution in [0.5, 0.6) is 0 Å². The van der Waals surface area contributed by atoms with Crippen molar-refractivity contribution in [1.82, 2.24) is 20.1 Å². The Balaban J connectivity index is 1.50. The Morgan fingerprint density at radius 2 is 1.54 bits per heavy atom. The largest absolute Gasteiger partial charge is 0.377 e. The Labute approximate surface area is 215 Å². The lowest BCUT2D eigenvalue weighted by Gasteiger charge is -2.19. The van der Waals surface area contributed by atoms with Gasteiger partial charge in [0.2, 0.25) is 0 Å². The number of anilines is 1. The molecule has 182 valence electrons. The SMILES string of the molecule is Cc1nnc2n1-c1ccccc1C(c1ccccc1)=NC2NC(=O)c1ccc(N(C)C)c2ccccc12. The third kappa shape index (κ3) is 3.85. The van der Waals surface area contributed by atoms with E-state index in [0.717, 1.165) is 44.8 Å². The molecule has 1 unspecified atom stereocenters. The minimum Gasteiger partial charge on any atom is -0.377 e. The highest BCUT2D eigenvalue weighted by Crippen LogP contribution is 2.32. The Kier molecular flexibility index (Phi) is 5.53. The molecule has 0 aliphatic carbocycles. The minimum atomic E-state index is -0.733. The summed E-state index contributed by atoms with van der Waals surface area (Å²) in [5.74, 6) is 1.08. The number of para-hydroxylation sites is 1. The lowest BCUT2D eigenvalue weighted by molar-refractivity contribution is 0.0938. The lowest BCUT2D eigenvalue weighted by atomic mass is 10.0. The van der Waals surface area contributed by atoms with Crippen LogP contribution in [-0.2, 0) is 0 Å². The van der Waals surface area contributed by atoms with Gasteiger partial charge in [0.05, 0.1) is 11.4 Å². The van der Waals surface area contributed by atoms with Crippen molar-refractivity contribution in [3.63, 3.8) is 0 Å². The third-order valence-electron chi connectivity index (χ3n) is 6.70. The quantitative estimate of drug-likeness (QED) is 0.385. The van der Waals surface area contributed by atoms with Crippen molar-refractivity contribution in [2.24, 2.45) is 4.99 Å². The first kappa shape index (κ1) is 22.7. The Morgan fingerprint density at radius 3 is 2.32 bits per heavy atom. The summed E-state index contributed by atoms with van der Waals surface area (Å²) in [4.78, 5) is 20.9. The fraction of sp³-hybridized carbons (Fsp3) is 0.133. The molecular weight excluding hydrogens is 460 g/mol. The van der Waals surface area contributed by atoms with Gasteiger partial charge in [-0.1, -0.05) is 72.8 Å². The van der Waals surface area contributed by atoms with Crippen LogP contribution in [0.4, 0.5) is 5.69 Å². The Bertz CT molecular complexity index is 1670. The number of nitrogens with one attached hydrogen (secondary N) is 1. The molecule has 1 aliphatic heterocycles. The van der Waals surface area contributed by atoms with Crippen molar-refractivity contribution >= 4 is 28.1 Å². The molecule has 0 fully saturated rings. The molecule has 1 aromatic heterocycles. The van der Waals surface area contributed by atoms with E-state index in [-0.39, 0.29) is 5.91 Å². The fourth-order valence-electron chi connectivity index (χ4n) is 4.97. The Hall–Kier alpha value is -4.78. The second kappa shape index (κ2) is 9.02. The van der Waals surface area contributed by atoms with E-state index in [2.05, 4.69) is 15.5 Å². The van der Waals surface area contributed by atoms with E-state index in [0.29, 0.717) is 11.4 Å². The monoisotopic (exact) mass is 486 g/mol. The van der Waals surface area contributed by atoms with Crippen LogP contribution in [0, 0.1) is 6.92 Å². The summed E-state index contributed by atoms with van der Waals surface area (Å²) < 4.78 is 1.98. The molecule has 7 heteroatoms. The number of hydrogen-bond acceptors (Lipinski definition) is 5. The normalized spacial score (nSPS) is 14.4. The number of aliphatic imine (C=N–C) groups is 1. The molecule has 0 saturated carbocycles. The van der Waals surface area contributed by atoms with Gasteiger partial charge in [-0.05, 0) is 30.5 Å².